The molecule has 174 valence electrons. The number of carbonyl (C=O) groups is 1. The number of nitrogens with zero attached hydrogens (tertiary/aromatic N) is 4. The van der Waals surface area contributed by atoms with Gasteiger partial charge < -0.3 is 9.64 Å². The third kappa shape index (κ3) is 4.25. The third-order valence-corrected chi connectivity index (χ3v) is 7.47. The summed E-state index contributed by atoms with van der Waals surface area (Å²) >= 11 is 0. The zero-order valence-electron chi connectivity index (χ0n) is 18.2. The van der Waals surface area contributed by atoms with Gasteiger partial charge in [0.2, 0.25) is 0 Å². The summed E-state index contributed by atoms with van der Waals surface area (Å²) in [5.74, 6) is -0.162. The van der Waals surface area contributed by atoms with Crippen molar-refractivity contribution in [1.82, 2.24) is 15.2 Å². The molecular formula is C24H22N4O5S. The average molecular weight is 479 g/mol. The highest BCUT2D eigenvalue weighted by Crippen LogP contribution is 2.30. The molecule has 0 atom stereocenters. The molecule has 2 heterocycles. The van der Waals surface area contributed by atoms with Crippen molar-refractivity contribution in [2.24, 2.45) is 0 Å². The predicted octanol–water partition coefficient (Wildman–Crippen LogP) is 3.09. The van der Waals surface area contributed by atoms with Gasteiger partial charge in [0.15, 0.2) is 5.52 Å². The van der Waals surface area contributed by atoms with Crippen molar-refractivity contribution in [2.75, 3.05) is 30.6 Å². The highest BCUT2D eigenvalue weighted by Gasteiger charge is 2.29. The van der Waals surface area contributed by atoms with Gasteiger partial charge in [-0.15, -0.1) is 0 Å². The van der Waals surface area contributed by atoms with Crippen LogP contribution in [-0.2, 0) is 21.3 Å². The number of amides is 1. The standard InChI is InChI=1S/C24H22N4O5S/c29-24(27-12-14-32-15-13-27)19-8-4-9-20(16-19)28(17-18-6-2-1-3-7-18)34(30,31)22-11-5-10-21-23(22)26-33-25-21/h1-11,16H,12-15,17H2. The molecule has 1 aliphatic heterocycles. The van der Waals surface area contributed by atoms with Gasteiger partial charge in [-0.1, -0.05) is 42.5 Å². The number of aromatic nitrogens is 2. The van der Waals surface area contributed by atoms with E-state index in [-0.39, 0.29) is 22.9 Å². The molecule has 1 aliphatic rings. The molecular weight excluding hydrogens is 456 g/mol. The Morgan fingerprint density at radius 3 is 2.50 bits per heavy atom. The average Bonchev–Trinajstić information content (AvgIpc) is 3.37. The van der Waals surface area contributed by atoms with Crippen LogP contribution in [0.15, 0.2) is 82.3 Å². The molecule has 9 nitrogen and oxygen atoms in total. The van der Waals surface area contributed by atoms with Crippen LogP contribution in [0.25, 0.3) is 11.0 Å². The number of anilines is 1. The number of fused-ring (bicyclic) bond motifs is 1. The Hall–Kier alpha value is -3.76. The Labute approximate surface area is 196 Å². The van der Waals surface area contributed by atoms with Gasteiger partial charge in [0.05, 0.1) is 25.4 Å². The lowest BCUT2D eigenvalue weighted by atomic mass is 10.1. The maximum Gasteiger partial charge on any atom is 0.266 e. The lowest BCUT2D eigenvalue weighted by Gasteiger charge is -2.28. The van der Waals surface area contributed by atoms with Crippen LogP contribution < -0.4 is 4.31 Å². The van der Waals surface area contributed by atoms with Crippen LogP contribution in [0.2, 0.25) is 0 Å². The number of hydrogen-bond donors (Lipinski definition) is 0. The van der Waals surface area contributed by atoms with Crippen LogP contribution in [-0.4, -0.2) is 55.8 Å². The number of rotatable bonds is 6. The van der Waals surface area contributed by atoms with Crippen molar-refractivity contribution in [2.45, 2.75) is 11.4 Å². The number of hydrogen-bond acceptors (Lipinski definition) is 7. The minimum Gasteiger partial charge on any atom is -0.378 e. The molecule has 1 amide bonds. The molecule has 1 aromatic heterocycles. The summed E-state index contributed by atoms with van der Waals surface area (Å²) in [5, 5.41) is 7.58. The Bertz CT molecular complexity index is 1420. The van der Waals surface area contributed by atoms with E-state index >= 15 is 0 Å². The molecule has 0 aliphatic carbocycles. The molecule has 0 bridgehead atoms. The molecule has 10 heteroatoms. The van der Waals surface area contributed by atoms with Gasteiger partial charge in [0, 0.05) is 18.7 Å². The predicted molar refractivity (Wildman–Crippen MR) is 125 cm³/mol. The van der Waals surface area contributed by atoms with E-state index in [1.165, 1.54) is 10.4 Å². The SMILES string of the molecule is O=C(c1cccc(N(Cc2ccccc2)S(=O)(=O)c2cccc3nonc23)c1)N1CCOCC1. The first kappa shape index (κ1) is 22.1. The molecule has 0 spiro atoms. The van der Waals surface area contributed by atoms with E-state index in [2.05, 4.69) is 10.3 Å². The fourth-order valence-electron chi connectivity index (χ4n) is 3.92. The Balaban J connectivity index is 1.58. The molecule has 34 heavy (non-hydrogen) atoms. The fourth-order valence-corrected chi connectivity index (χ4v) is 5.50. The van der Waals surface area contributed by atoms with Gasteiger partial charge in [-0.05, 0) is 46.2 Å². The van der Waals surface area contributed by atoms with Crippen LogP contribution in [0.3, 0.4) is 0 Å². The second-order valence-corrected chi connectivity index (χ2v) is 9.67. The minimum atomic E-state index is -4.09. The van der Waals surface area contributed by atoms with Gasteiger partial charge in [-0.25, -0.2) is 13.0 Å². The smallest absolute Gasteiger partial charge is 0.266 e. The summed E-state index contributed by atoms with van der Waals surface area (Å²) in [6, 6.07) is 20.6. The summed E-state index contributed by atoms with van der Waals surface area (Å²) in [6.45, 7) is 2.03. The van der Waals surface area contributed by atoms with E-state index < -0.39 is 10.0 Å². The Kier molecular flexibility index (Phi) is 5.99. The van der Waals surface area contributed by atoms with E-state index in [0.29, 0.717) is 43.1 Å². The summed E-state index contributed by atoms with van der Waals surface area (Å²) in [6.07, 6.45) is 0. The maximum atomic E-state index is 13.9. The van der Waals surface area contributed by atoms with Crippen LogP contribution in [0.1, 0.15) is 15.9 Å². The lowest BCUT2D eigenvalue weighted by Crippen LogP contribution is -2.40. The number of morpholine rings is 1. The van der Waals surface area contributed by atoms with Crippen LogP contribution in [0.4, 0.5) is 5.69 Å². The summed E-state index contributed by atoms with van der Waals surface area (Å²) in [7, 11) is -4.09. The molecule has 0 N–H and O–H groups in total. The van der Waals surface area contributed by atoms with Crippen molar-refractivity contribution in [3.63, 3.8) is 0 Å². The molecule has 5 rings (SSSR count). The Morgan fingerprint density at radius 2 is 1.71 bits per heavy atom. The van der Waals surface area contributed by atoms with Crippen molar-refractivity contribution in [3.05, 3.63) is 83.9 Å². The summed E-state index contributed by atoms with van der Waals surface area (Å²) in [4.78, 5) is 14.8. The molecule has 0 radical (unpaired) electrons. The molecule has 0 unspecified atom stereocenters. The van der Waals surface area contributed by atoms with Gasteiger partial charge >= 0.3 is 0 Å². The van der Waals surface area contributed by atoms with Crippen LogP contribution in [0.5, 0.6) is 0 Å². The molecule has 3 aromatic carbocycles. The van der Waals surface area contributed by atoms with Gasteiger partial charge in [0.25, 0.3) is 15.9 Å². The van der Waals surface area contributed by atoms with E-state index in [1.807, 2.05) is 30.3 Å². The third-order valence-electron chi connectivity index (χ3n) is 5.67. The second kappa shape index (κ2) is 9.24. The highest BCUT2D eigenvalue weighted by atomic mass is 32.2. The normalized spacial score (nSPS) is 14.3. The van der Waals surface area contributed by atoms with Gasteiger partial charge in [-0.3, -0.25) is 9.10 Å². The van der Waals surface area contributed by atoms with Crippen molar-refractivity contribution < 1.29 is 22.6 Å². The second-order valence-electron chi connectivity index (χ2n) is 7.84. The minimum absolute atomic E-state index is 0.0212. The first-order valence-electron chi connectivity index (χ1n) is 10.8. The fraction of sp³-hybridized carbons (Fsp3) is 0.208. The van der Waals surface area contributed by atoms with Crippen molar-refractivity contribution in [1.29, 1.82) is 0 Å². The highest BCUT2D eigenvalue weighted by molar-refractivity contribution is 7.93. The maximum absolute atomic E-state index is 13.9. The summed E-state index contributed by atoms with van der Waals surface area (Å²) in [5.41, 5.74) is 2.07. The van der Waals surface area contributed by atoms with Crippen LogP contribution in [0, 0.1) is 0 Å². The topological polar surface area (TPSA) is 106 Å². The first-order chi connectivity index (χ1) is 16.5. The molecule has 4 aromatic rings. The monoisotopic (exact) mass is 478 g/mol. The summed E-state index contributed by atoms with van der Waals surface area (Å²) < 4.78 is 39.3. The number of benzene rings is 3. The van der Waals surface area contributed by atoms with Crippen molar-refractivity contribution in [3.8, 4) is 0 Å². The van der Waals surface area contributed by atoms with Crippen LogP contribution >= 0.6 is 0 Å². The number of carbonyl (C=O) groups excluding carboxylic acids is 1. The zero-order chi connectivity index (χ0) is 23.5. The van der Waals surface area contributed by atoms with E-state index in [9.17, 15) is 13.2 Å². The molecule has 1 fully saturated rings. The molecule has 0 saturated carbocycles. The van der Waals surface area contributed by atoms with E-state index in [1.54, 1.807) is 41.3 Å². The number of ether oxygens (including phenoxy) is 1. The first-order valence-corrected chi connectivity index (χ1v) is 12.2. The Morgan fingerprint density at radius 1 is 0.941 bits per heavy atom. The van der Waals surface area contributed by atoms with Gasteiger partial charge in [0.1, 0.15) is 10.4 Å². The van der Waals surface area contributed by atoms with Crippen molar-refractivity contribution >= 4 is 32.7 Å². The van der Waals surface area contributed by atoms with E-state index in [0.717, 1.165) is 5.56 Å². The molecule has 1 saturated heterocycles. The lowest BCUT2D eigenvalue weighted by molar-refractivity contribution is 0.0303. The number of sulfonamides is 1. The van der Waals surface area contributed by atoms with Gasteiger partial charge in [-0.2, -0.15) is 0 Å². The quantitative estimate of drug-likeness (QED) is 0.419. The zero-order valence-corrected chi connectivity index (χ0v) is 19.0. The van der Waals surface area contributed by atoms with E-state index in [4.69, 9.17) is 9.37 Å². The largest absolute Gasteiger partial charge is 0.378 e.